The lowest BCUT2D eigenvalue weighted by Gasteiger charge is -2.01. The maximum Gasteiger partial charge on any atom is 0.255 e. The normalized spacial score (nSPS) is 10.7. The van der Waals surface area contributed by atoms with Gasteiger partial charge in [0.15, 0.2) is 0 Å². The monoisotopic (exact) mass is 261 g/mol. The molecule has 0 aliphatic carbocycles. The maximum atomic E-state index is 12.1. The van der Waals surface area contributed by atoms with Crippen molar-refractivity contribution < 1.29 is 4.79 Å². The zero-order valence-electron chi connectivity index (χ0n) is 11.5. The quantitative estimate of drug-likeness (QED) is 0.857. The van der Waals surface area contributed by atoms with E-state index in [2.05, 4.69) is 27.5 Å². The summed E-state index contributed by atoms with van der Waals surface area (Å²) in [7, 11) is 0. The Morgan fingerprint density at radius 3 is 2.89 bits per heavy atom. The first-order chi connectivity index (χ1) is 9.10. The molecule has 6 nitrogen and oxygen atoms in total. The Kier molecular flexibility index (Phi) is 3.99. The summed E-state index contributed by atoms with van der Waals surface area (Å²) in [5, 5.41) is 14.1. The molecule has 2 aromatic rings. The van der Waals surface area contributed by atoms with E-state index >= 15 is 0 Å². The summed E-state index contributed by atoms with van der Waals surface area (Å²) in [5.74, 6) is -0.111. The standard InChI is InChI=1S/C13H19N5O/c1-4-5-18-8-12(10(3)17-18)13(19)14-7-11-6-9(2)15-16-11/h6,8H,4-5,7H2,1-3H3,(H,14,19)(H,15,16). The summed E-state index contributed by atoms with van der Waals surface area (Å²) in [6.45, 7) is 7.10. The van der Waals surface area contributed by atoms with Gasteiger partial charge in [0.1, 0.15) is 0 Å². The highest BCUT2D eigenvalue weighted by molar-refractivity contribution is 5.94. The van der Waals surface area contributed by atoms with Gasteiger partial charge >= 0.3 is 0 Å². The molecule has 0 atom stereocenters. The Labute approximate surface area is 112 Å². The maximum absolute atomic E-state index is 12.1. The van der Waals surface area contributed by atoms with E-state index < -0.39 is 0 Å². The van der Waals surface area contributed by atoms with Crippen LogP contribution < -0.4 is 5.32 Å². The highest BCUT2D eigenvalue weighted by Crippen LogP contribution is 2.07. The number of nitrogens with one attached hydrogen (secondary N) is 2. The van der Waals surface area contributed by atoms with Crippen molar-refractivity contribution in [1.29, 1.82) is 0 Å². The van der Waals surface area contributed by atoms with Crippen LogP contribution in [-0.4, -0.2) is 25.9 Å². The molecule has 19 heavy (non-hydrogen) atoms. The largest absolute Gasteiger partial charge is 0.346 e. The predicted octanol–water partition coefficient (Wildman–Crippen LogP) is 1.56. The van der Waals surface area contributed by atoms with Gasteiger partial charge in [-0.2, -0.15) is 10.2 Å². The van der Waals surface area contributed by atoms with Crippen molar-refractivity contribution in [3.8, 4) is 0 Å². The number of H-pyrrole nitrogens is 1. The highest BCUT2D eigenvalue weighted by atomic mass is 16.1. The summed E-state index contributed by atoms with van der Waals surface area (Å²) in [5.41, 5.74) is 3.19. The number of hydrogen-bond donors (Lipinski definition) is 2. The number of carbonyl (C=O) groups excluding carboxylic acids is 1. The van der Waals surface area contributed by atoms with E-state index in [-0.39, 0.29) is 5.91 Å². The molecule has 0 bridgehead atoms. The number of aromatic amines is 1. The predicted molar refractivity (Wildman–Crippen MR) is 71.7 cm³/mol. The fraction of sp³-hybridized carbons (Fsp3) is 0.462. The Bertz CT molecular complexity index is 569. The van der Waals surface area contributed by atoms with Crippen molar-refractivity contribution in [3.63, 3.8) is 0 Å². The SMILES string of the molecule is CCCn1cc(C(=O)NCc2cc(C)[nH]n2)c(C)n1. The van der Waals surface area contributed by atoms with E-state index in [1.54, 1.807) is 6.20 Å². The first kappa shape index (κ1) is 13.3. The lowest BCUT2D eigenvalue weighted by atomic mass is 10.2. The average Bonchev–Trinajstić information content (AvgIpc) is 2.93. The minimum atomic E-state index is -0.111. The molecule has 0 aromatic carbocycles. The van der Waals surface area contributed by atoms with E-state index in [9.17, 15) is 4.79 Å². The van der Waals surface area contributed by atoms with Crippen LogP contribution in [0.2, 0.25) is 0 Å². The fourth-order valence-corrected chi connectivity index (χ4v) is 1.92. The molecular formula is C13H19N5O. The minimum Gasteiger partial charge on any atom is -0.346 e. The van der Waals surface area contributed by atoms with Gasteiger partial charge in [0, 0.05) is 18.4 Å². The van der Waals surface area contributed by atoms with Gasteiger partial charge in [-0.05, 0) is 26.3 Å². The second-order valence-electron chi connectivity index (χ2n) is 4.62. The van der Waals surface area contributed by atoms with Gasteiger partial charge in [-0.1, -0.05) is 6.92 Å². The summed E-state index contributed by atoms with van der Waals surface area (Å²) < 4.78 is 1.81. The molecular weight excluding hydrogens is 242 g/mol. The highest BCUT2D eigenvalue weighted by Gasteiger charge is 2.13. The molecule has 2 aromatic heterocycles. The Hall–Kier alpha value is -2.11. The van der Waals surface area contributed by atoms with Crippen molar-refractivity contribution in [2.45, 2.75) is 40.3 Å². The van der Waals surface area contributed by atoms with E-state index in [4.69, 9.17) is 0 Å². The Morgan fingerprint density at radius 1 is 1.47 bits per heavy atom. The molecule has 0 saturated carbocycles. The molecule has 102 valence electrons. The molecule has 2 heterocycles. The fourth-order valence-electron chi connectivity index (χ4n) is 1.92. The van der Waals surface area contributed by atoms with Crippen molar-refractivity contribution in [3.05, 3.63) is 34.9 Å². The number of aryl methyl sites for hydroxylation is 3. The van der Waals surface area contributed by atoms with E-state index in [0.29, 0.717) is 12.1 Å². The number of rotatable bonds is 5. The third-order valence-electron chi connectivity index (χ3n) is 2.83. The van der Waals surface area contributed by atoms with Crippen LogP contribution in [0.4, 0.5) is 0 Å². The van der Waals surface area contributed by atoms with Gasteiger partial charge in [-0.3, -0.25) is 14.6 Å². The molecule has 0 aliphatic heterocycles. The van der Waals surface area contributed by atoms with Crippen molar-refractivity contribution in [2.24, 2.45) is 0 Å². The lowest BCUT2D eigenvalue weighted by Crippen LogP contribution is -2.23. The molecule has 0 unspecified atom stereocenters. The van der Waals surface area contributed by atoms with Gasteiger partial charge < -0.3 is 5.32 Å². The molecule has 6 heteroatoms. The molecule has 0 saturated heterocycles. The van der Waals surface area contributed by atoms with Crippen molar-refractivity contribution in [2.75, 3.05) is 0 Å². The summed E-state index contributed by atoms with van der Waals surface area (Å²) >= 11 is 0. The minimum absolute atomic E-state index is 0.111. The van der Waals surface area contributed by atoms with Crippen LogP contribution in [0.15, 0.2) is 12.3 Å². The summed E-state index contributed by atoms with van der Waals surface area (Å²) in [6, 6.07) is 1.91. The second-order valence-corrected chi connectivity index (χ2v) is 4.62. The number of carbonyl (C=O) groups is 1. The third kappa shape index (κ3) is 3.21. The van der Waals surface area contributed by atoms with Crippen LogP contribution in [0.25, 0.3) is 0 Å². The van der Waals surface area contributed by atoms with Crippen molar-refractivity contribution in [1.82, 2.24) is 25.3 Å². The molecule has 0 radical (unpaired) electrons. The molecule has 0 aliphatic rings. The molecule has 1 amide bonds. The van der Waals surface area contributed by atoms with E-state index in [0.717, 1.165) is 30.0 Å². The van der Waals surface area contributed by atoms with Gasteiger partial charge in [-0.15, -0.1) is 0 Å². The zero-order valence-corrected chi connectivity index (χ0v) is 11.5. The van der Waals surface area contributed by atoms with Crippen molar-refractivity contribution >= 4 is 5.91 Å². The number of aromatic nitrogens is 4. The molecule has 2 N–H and O–H groups in total. The number of amides is 1. The zero-order chi connectivity index (χ0) is 13.8. The molecule has 0 fully saturated rings. The Balaban J connectivity index is 1.99. The molecule has 2 rings (SSSR count). The van der Waals surface area contributed by atoms with Crippen LogP contribution in [0.1, 0.15) is 40.8 Å². The van der Waals surface area contributed by atoms with Crippen LogP contribution >= 0.6 is 0 Å². The lowest BCUT2D eigenvalue weighted by molar-refractivity contribution is 0.0949. The van der Waals surface area contributed by atoms with Gasteiger partial charge in [0.2, 0.25) is 0 Å². The second kappa shape index (κ2) is 5.69. The van der Waals surface area contributed by atoms with Gasteiger partial charge in [0.05, 0.1) is 23.5 Å². The first-order valence-corrected chi connectivity index (χ1v) is 6.43. The number of hydrogen-bond acceptors (Lipinski definition) is 3. The average molecular weight is 261 g/mol. The smallest absolute Gasteiger partial charge is 0.255 e. The molecule has 0 spiro atoms. The van der Waals surface area contributed by atoms with Crippen LogP contribution in [0.3, 0.4) is 0 Å². The van der Waals surface area contributed by atoms with Crippen LogP contribution in [-0.2, 0) is 13.1 Å². The first-order valence-electron chi connectivity index (χ1n) is 6.43. The Morgan fingerprint density at radius 2 is 2.26 bits per heavy atom. The summed E-state index contributed by atoms with van der Waals surface area (Å²) in [6.07, 6.45) is 2.79. The van der Waals surface area contributed by atoms with Crippen LogP contribution in [0.5, 0.6) is 0 Å². The summed E-state index contributed by atoms with van der Waals surface area (Å²) in [4.78, 5) is 12.1. The van der Waals surface area contributed by atoms with Crippen LogP contribution in [0, 0.1) is 13.8 Å². The van der Waals surface area contributed by atoms with E-state index in [1.807, 2.05) is 24.6 Å². The van der Waals surface area contributed by atoms with E-state index in [1.165, 1.54) is 0 Å². The number of nitrogens with zero attached hydrogens (tertiary/aromatic N) is 3. The third-order valence-corrected chi connectivity index (χ3v) is 2.83. The van der Waals surface area contributed by atoms with Gasteiger partial charge in [-0.25, -0.2) is 0 Å². The topological polar surface area (TPSA) is 75.6 Å². The van der Waals surface area contributed by atoms with Gasteiger partial charge in [0.25, 0.3) is 5.91 Å².